The van der Waals surface area contributed by atoms with E-state index in [0.29, 0.717) is 11.3 Å². The molecule has 2 aromatic carbocycles. The van der Waals surface area contributed by atoms with Crippen molar-refractivity contribution in [2.45, 2.75) is 13.8 Å². The van der Waals surface area contributed by atoms with Gasteiger partial charge >= 0.3 is 5.97 Å². The van der Waals surface area contributed by atoms with Gasteiger partial charge in [0.05, 0.1) is 5.69 Å². The Morgan fingerprint density at radius 3 is 2.47 bits per heavy atom. The first kappa shape index (κ1) is 19.4. The fraction of sp³-hybridized carbons (Fsp3) is 0.125. The molecule has 0 fully saturated rings. The number of anilines is 2. The third kappa shape index (κ3) is 4.22. The highest BCUT2D eigenvalue weighted by molar-refractivity contribution is 5.90. The van der Waals surface area contributed by atoms with Gasteiger partial charge in [0, 0.05) is 24.0 Å². The summed E-state index contributed by atoms with van der Waals surface area (Å²) in [6.07, 6.45) is 5.52. The SMILES string of the molecule is Cc1cc(Nc2ccn(-c3ccccc3)n2)cc(C)c1OC(=O)c1ccc[n+](C)c1. The van der Waals surface area contributed by atoms with Crippen molar-refractivity contribution in [1.29, 1.82) is 0 Å². The Kier molecular flexibility index (Phi) is 5.30. The van der Waals surface area contributed by atoms with E-state index in [-0.39, 0.29) is 5.97 Å². The van der Waals surface area contributed by atoms with Crippen molar-refractivity contribution in [3.8, 4) is 11.4 Å². The second-order valence-electron chi connectivity index (χ2n) is 7.19. The van der Waals surface area contributed by atoms with Gasteiger partial charge in [-0.05, 0) is 55.3 Å². The van der Waals surface area contributed by atoms with E-state index in [0.717, 1.165) is 28.3 Å². The molecule has 0 aliphatic heterocycles. The van der Waals surface area contributed by atoms with Crippen molar-refractivity contribution in [3.63, 3.8) is 0 Å². The summed E-state index contributed by atoms with van der Waals surface area (Å²) >= 11 is 0. The van der Waals surface area contributed by atoms with Gasteiger partial charge in [-0.25, -0.2) is 14.0 Å². The molecule has 0 saturated heterocycles. The Hall–Kier alpha value is -3.93. The summed E-state index contributed by atoms with van der Waals surface area (Å²) in [5, 5.41) is 7.89. The average Bonchev–Trinajstić information content (AvgIpc) is 3.20. The van der Waals surface area contributed by atoms with Crippen LogP contribution in [0.5, 0.6) is 5.75 Å². The van der Waals surface area contributed by atoms with Crippen LogP contribution in [0.4, 0.5) is 11.5 Å². The molecule has 6 nitrogen and oxygen atoms in total. The van der Waals surface area contributed by atoms with Crippen LogP contribution in [0, 0.1) is 13.8 Å². The van der Waals surface area contributed by atoms with E-state index in [1.807, 2.05) is 97.1 Å². The maximum absolute atomic E-state index is 12.5. The summed E-state index contributed by atoms with van der Waals surface area (Å²) in [5.74, 6) is 0.936. The van der Waals surface area contributed by atoms with Gasteiger partial charge in [0.1, 0.15) is 18.4 Å². The molecule has 0 radical (unpaired) electrons. The van der Waals surface area contributed by atoms with E-state index in [2.05, 4.69) is 10.4 Å². The zero-order chi connectivity index (χ0) is 21.1. The number of nitrogens with zero attached hydrogens (tertiary/aromatic N) is 3. The second-order valence-corrected chi connectivity index (χ2v) is 7.19. The normalized spacial score (nSPS) is 10.6. The van der Waals surface area contributed by atoms with E-state index in [9.17, 15) is 4.79 Å². The topological polar surface area (TPSA) is 60.0 Å². The minimum Gasteiger partial charge on any atom is -0.422 e. The Labute approximate surface area is 175 Å². The van der Waals surface area contributed by atoms with Gasteiger partial charge in [0.15, 0.2) is 18.2 Å². The lowest BCUT2D eigenvalue weighted by atomic mass is 10.1. The smallest absolute Gasteiger partial charge is 0.349 e. The first-order valence-electron chi connectivity index (χ1n) is 9.66. The lowest BCUT2D eigenvalue weighted by molar-refractivity contribution is -0.671. The number of rotatable bonds is 5. The van der Waals surface area contributed by atoms with Crippen LogP contribution in [0.15, 0.2) is 79.3 Å². The number of carbonyl (C=O) groups excluding carboxylic acids is 1. The first-order chi connectivity index (χ1) is 14.5. The summed E-state index contributed by atoms with van der Waals surface area (Å²) in [6.45, 7) is 3.85. The van der Waals surface area contributed by atoms with Gasteiger partial charge < -0.3 is 10.1 Å². The molecule has 4 rings (SSSR count). The van der Waals surface area contributed by atoms with Gasteiger partial charge in [0.2, 0.25) is 0 Å². The lowest BCUT2D eigenvalue weighted by Gasteiger charge is -2.13. The Bertz CT molecular complexity index is 1180. The van der Waals surface area contributed by atoms with Crippen molar-refractivity contribution in [1.82, 2.24) is 9.78 Å². The minimum absolute atomic E-state index is 0.375. The van der Waals surface area contributed by atoms with E-state index in [4.69, 9.17) is 4.74 Å². The van der Waals surface area contributed by atoms with Crippen LogP contribution in [0.2, 0.25) is 0 Å². The predicted octanol–water partition coefficient (Wildman–Crippen LogP) is 4.28. The molecular formula is C24H23N4O2+. The third-order valence-corrected chi connectivity index (χ3v) is 4.71. The highest BCUT2D eigenvalue weighted by Crippen LogP contribution is 2.29. The molecular weight excluding hydrogens is 376 g/mol. The maximum Gasteiger partial charge on any atom is 0.349 e. The molecule has 0 unspecified atom stereocenters. The number of aromatic nitrogens is 3. The lowest BCUT2D eigenvalue weighted by Crippen LogP contribution is -2.28. The van der Waals surface area contributed by atoms with Gasteiger partial charge in [0.25, 0.3) is 0 Å². The molecule has 2 aromatic heterocycles. The number of hydrogen-bond acceptors (Lipinski definition) is 4. The summed E-state index contributed by atoms with van der Waals surface area (Å²) in [5.41, 5.74) is 4.12. The average molecular weight is 399 g/mol. The number of pyridine rings is 1. The monoisotopic (exact) mass is 399 g/mol. The predicted molar refractivity (Wildman–Crippen MR) is 115 cm³/mol. The molecule has 6 heteroatoms. The number of para-hydroxylation sites is 1. The largest absolute Gasteiger partial charge is 0.422 e. The van der Waals surface area contributed by atoms with Crippen LogP contribution < -0.4 is 14.6 Å². The number of hydrogen-bond donors (Lipinski definition) is 1. The number of benzene rings is 2. The molecule has 30 heavy (non-hydrogen) atoms. The van der Waals surface area contributed by atoms with E-state index < -0.39 is 0 Å². The molecule has 0 bridgehead atoms. The number of carbonyl (C=O) groups is 1. The summed E-state index contributed by atoms with van der Waals surface area (Å²) < 4.78 is 9.32. The molecule has 0 atom stereocenters. The quantitative estimate of drug-likeness (QED) is 0.309. The number of aryl methyl sites for hydroxylation is 3. The summed E-state index contributed by atoms with van der Waals surface area (Å²) in [7, 11) is 1.87. The third-order valence-electron chi connectivity index (χ3n) is 4.71. The standard InChI is InChI=1S/C24H23N4O2/c1-17-14-20(25-22-11-13-28(26-22)21-9-5-4-6-10-21)15-18(2)23(17)30-24(29)19-8-7-12-27(3)16-19/h4-16H,1-3H3,(H,25,26)/q+1. The highest BCUT2D eigenvalue weighted by atomic mass is 16.5. The molecule has 4 aromatic rings. The fourth-order valence-corrected chi connectivity index (χ4v) is 3.31. The van der Waals surface area contributed by atoms with Crippen LogP contribution in [0.1, 0.15) is 21.5 Å². The number of ether oxygens (including phenoxy) is 1. The van der Waals surface area contributed by atoms with Crippen LogP contribution in [0.3, 0.4) is 0 Å². The molecule has 0 spiro atoms. The van der Waals surface area contributed by atoms with Crippen LogP contribution >= 0.6 is 0 Å². The Morgan fingerprint density at radius 1 is 1.03 bits per heavy atom. The molecule has 0 amide bonds. The van der Waals surface area contributed by atoms with Crippen LogP contribution in [-0.4, -0.2) is 15.7 Å². The summed E-state index contributed by atoms with van der Waals surface area (Å²) in [6, 6.07) is 19.3. The fourth-order valence-electron chi connectivity index (χ4n) is 3.31. The van der Waals surface area contributed by atoms with Gasteiger partial charge in [-0.2, -0.15) is 5.10 Å². The van der Waals surface area contributed by atoms with E-state index >= 15 is 0 Å². The van der Waals surface area contributed by atoms with E-state index in [1.165, 1.54) is 0 Å². The molecule has 0 saturated carbocycles. The Balaban J connectivity index is 1.52. The van der Waals surface area contributed by atoms with Crippen molar-refractivity contribution >= 4 is 17.5 Å². The molecule has 2 heterocycles. The highest BCUT2D eigenvalue weighted by Gasteiger charge is 2.16. The zero-order valence-corrected chi connectivity index (χ0v) is 17.2. The Morgan fingerprint density at radius 2 is 1.77 bits per heavy atom. The van der Waals surface area contributed by atoms with Crippen molar-refractivity contribution < 1.29 is 14.1 Å². The summed E-state index contributed by atoms with van der Waals surface area (Å²) in [4.78, 5) is 12.5. The van der Waals surface area contributed by atoms with Crippen molar-refractivity contribution in [3.05, 3.63) is 95.9 Å². The van der Waals surface area contributed by atoms with E-state index in [1.54, 1.807) is 12.3 Å². The number of nitrogens with one attached hydrogen (secondary N) is 1. The number of esters is 1. The maximum atomic E-state index is 12.5. The van der Waals surface area contributed by atoms with Crippen molar-refractivity contribution in [2.75, 3.05) is 5.32 Å². The molecule has 0 aliphatic rings. The van der Waals surface area contributed by atoms with Crippen molar-refractivity contribution in [2.24, 2.45) is 7.05 Å². The minimum atomic E-state index is -0.375. The molecule has 1 N–H and O–H groups in total. The molecule has 150 valence electrons. The second kappa shape index (κ2) is 8.21. The zero-order valence-electron chi connectivity index (χ0n) is 17.2. The first-order valence-corrected chi connectivity index (χ1v) is 9.66. The van der Waals surface area contributed by atoms with Gasteiger partial charge in [-0.1, -0.05) is 18.2 Å². The molecule has 0 aliphatic carbocycles. The van der Waals surface area contributed by atoms with Crippen LogP contribution in [-0.2, 0) is 7.05 Å². The van der Waals surface area contributed by atoms with Gasteiger partial charge in [-0.15, -0.1) is 0 Å². The van der Waals surface area contributed by atoms with Crippen LogP contribution in [0.25, 0.3) is 5.69 Å². The van der Waals surface area contributed by atoms with Gasteiger partial charge in [-0.3, -0.25) is 0 Å².